The first-order valence-corrected chi connectivity index (χ1v) is 10.6. The minimum absolute atomic E-state index is 0.0304. The van der Waals surface area contributed by atoms with Crippen LogP contribution < -0.4 is 10.1 Å². The summed E-state index contributed by atoms with van der Waals surface area (Å²) in [5, 5.41) is 2.69. The van der Waals surface area contributed by atoms with Gasteiger partial charge in [0.2, 0.25) is 0 Å². The van der Waals surface area contributed by atoms with Gasteiger partial charge in [0, 0.05) is 5.70 Å². The summed E-state index contributed by atoms with van der Waals surface area (Å²) in [6.45, 7) is -1.42. The third-order valence-electron chi connectivity index (χ3n) is 4.94. The van der Waals surface area contributed by atoms with E-state index < -0.39 is 40.5 Å². The standard InChI is InChI=1S/C18H20F2N2O6S/c1-10-14(16(23)27-2)15(11-3-5-13(6-4-11)28-17(19)20)21-18(24)22(10)12-7-8-29(25,26)9-12/h3-6,12,15,17H,7-9H2,1-2H3,(H,21,24)/t12-,15-/m1/s1. The number of sulfone groups is 1. The van der Waals surface area contributed by atoms with E-state index in [-0.39, 0.29) is 29.2 Å². The van der Waals surface area contributed by atoms with E-state index >= 15 is 0 Å². The summed E-state index contributed by atoms with van der Waals surface area (Å²) < 4.78 is 57.5. The van der Waals surface area contributed by atoms with E-state index in [1.54, 1.807) is 6.92 Å². The second-order valence-corrected chi connectivity index (χ2v) is 8.98. The monoisotopic (exact) mass is 430 g/mol. The molecule has 1 aromatic rings. The Bertz CT molecular complexity index is 946. The van der Waals surface area contributed by atoms with Gasteiger partial charge in [-0.3, -0.25) is 4.90 Å². The van der Waals surface area contributed by atoms with Gasteiger partial charge >= 0.3 is 18.6 Å². The van der Waals surface area contributed by atoms with E-state index in [4.69, 9.17) is 4.74 Å². The van der Waals surface area contributed by atoms with Crippen molar-refractivity contribution in [3.05, 3.63) is 41.1 Å². The van der Waals surface area contributed by atoms with Crippen LogP contribution in [0.2, 0.25) is 0 Å². The molecule has 1 aromatic carbocycles. The fourth-order valence-corrected chi connectivity index (χ4v) is 5.34. The van der Waals surface area contributed by atoms with Gasteiger partial charge in [0.05, 0.1) is 36.3 Å². The Balaban J connectivity index is 1.98. The van der Waals surface area contributed by atoms with Crippen LogP contribution >= 0.6 is 0 Å². The number of allylic oxidation sites excluding steroid dienone is 1. The summed E-state index contributed by atoms with van der Waals surface area (Å²) in [6, 6.07) is 3.49. The molecular formula is C18H20F2N2O6S. The fraction of sp³-hybridized carbons (Fsp3) is 0.444. The van der Waals surface area contributed by atoms with Gasteiger partial charge in [-0.25, -0.2) is 18.0 Å². The highest BCUT2D eigenvalue weighted by atomic mass is 32.2. The number of alkyl halides is 2. The number of ether oxygens (including phenoxy) is 2. The summed E-state index contributed by atoms with van der Waals surface area (Å²) in [5.74, 6) is -0.969. The number of benzene rings is 1. The van der Waals surface area contributed by atoms with Crippen molar-refractivity contribution in [2.45, 2.75) is 32.0 Å². The number of nitrogens with zero attached hydrogens (tertiary/aromatic N) is 1. The van der Waals surface area contributed by atoms with Gasteiger partial charge in [0.1, 0.15) is 5.75 Å². The Morgan fingerprint density at radius 3 is 2.45 bits per heavy atom. The number of esters is 1. The van der Waals surface area contributed by atoms with Gasteiger partial charge in [-0.1, -0.05) is 12.1 Å². The molecule has 0 saturated carbocycles. The Morgan fingerprint density at radius 1 is 1.28 bits per heavy atom. The first kappa shape index (κ1) is 21.0. The van der Waals surface area contributed by atoms with Crippen molar-refractivity contribution in [3.63, 3.8) is 0 Å². The summed E-state index contributed by atoms with van der Waals surface area (Å²) in [4.78, 5) is 26.5. The maximum Gasteiger partial charge on any atom is 0.387 e. The molecule has 0 aromatic heterocycles. The topological polar surface area (TPSA) is 102 Å². The molecule has 1 fully saturated rings. The number of rotatable bonds is 5. The molecule has 2 atom stereocenters. The van der Waals surface area contributed by atoms with Crippen LogP contribution in [0.5, 0.6) is 5.75 Å². The van der Waals surface area contributed by atoms with Crippen molar-refractivity contribution in [3.8, 4) is 5.75 Å². The molecule has 29 heavy (non-hydrogen) atoms. The van der Waals surface area contributed by atoms with Crippen molar-refractivity contribution < 1.29 is 36.3 Å². The van der Waals surface area contributed by atoms with Gasteiger partial charge in [-0.05, 0) is 31.0 Å². The summed E-state index contributed by atoms with van der Waals surface area (Å²) in [6.07, 6.45) is 0.270. The zero-order valence-corrected chi connectivity index (χ0v) is 16.5. The number of nitrogens with one attached hydrogen (secondary N) is 1. The molecule has 2 aliphatic rings. The molecule has 0 radical (unpaired) electrons. The van der Waals surface area contributed by atoms with Gasteiger partial charge in [-0.2, -0.15) is 8.78 Å². The number of hydrogen-bond acceptors (Lipinski definition) is 6. The van der Waals surface area contributed by atoms with Gasteiger partial charge in [0.15, 0.2) is 9.84 Å². The molecule has 8 nitrogen and oxygen atoms in total. The summed E-state index contributed by atoms with van der Waals surface area (Å²) in [7, 11) is -2.06. The predicted octanol–water partition coefficient (Wildman–Crippen LogP) is 1.99. The van der Waals surface area contributed by atoms with E-state index in [0.717, 1.165) is 0 Å². The zero-order chi connectivity index (χ0) is 21.3. The molecule has 0 spiro atoms. The van der Waals surface area contributed by atoms with Crippen molar-refractivity contribution >= 4 is 21.8 Å². The van der Waals surface area contributed by atoms with E-state index in [1.807, 2.05) is 0 Å². The van der Waals surface area contributed by atoms with Crippen molar-refractivity contribution in [1.82, 2.24) is 10.2 Å². The molecule has 1 N–H and O–H groups in total. The highest BCUT2D eigenvalue weighted by Crippen LogP contribution is 2.34. The molecule has 2 heterocycles. The number of hydrogen-bond donors (Lipinski definition) is 1. The van der Waals surface area contributed by atoms with Gasteiger partial charge in [-0.15, -0.1) is 0 Å². The highest BCUT2D eigenvalue weighted by Gasteiger charge is 2.42. The average Bonchev–Trinajstić information content (AvgIpc) is 3.00. The number of halogens is 2. The second kappa shape index (κ2) is 7.97. The lowest BCUT2D eigenvalue weighted by atomic mass is 9.94. The second-order valence-electron chi connectivity index (χ2n) is 6.75. The number of methoxy groups -OCH3 is 1. The number of amides is 2. The molecule has 3 rings (SSSR count). The molecule has 0 aliphatic carbocycles. The lowest BCUT2D eigenvalue weighted by molar-refractivity contribution is -0.136. The molecule has 2 aliphatic heterocycles. The third kappa shape index (κ3) is 4.34. The highest BCUT2D eigenvalue weighted by molar-refractivity contribution is 7.91. The number of urea groups is 1. The molecule has 158 valence electrons. The van der Waals surface area contributed by atoms with E-state index in [0.29, 0.717) is 11.3 Å². The largest absolute Gasteiger partial charge is 0.466 e. The maximum atomic E-state index is 12.8. The lowest BCUT2D eigenvalue weighted by Gasteiger charge is -2.38. The zero-order valence-electron chi connectivity index (χ0n) is 15.7. The Kier molecular flexibility index (Phi) is 5.78. The predicted molar refractivity (Wildman–Crippen MR) is 98.0 cm³/mol. The number of carbonyl (C=O) groups is 2. The molecular weight excluding hydrogens is 410 g/mol. The van der Waals surface area contributed by atoms with Crippen LogP contribution in [0.4, 0.5) is 13.6 Å². The lowest BCUT2D eigenvalue weighted by Crippen LogP contribution is -2.52. The van der Waals surface area contributed by atoms with Crippen LogP contribution in [0, 0.1) is 0 Å². The van der Waals surface area contributed by atoms with Crippen molar-refractivity contribution in [1.29, 1.82) is 0 Å². The van der Waals surface area contributed by atoms with Crippen LogP contribution in [0.15, 0.2) is 35.5 Å². The molecule has 11 heteroatoms. The smallest absolute Gasteiger partial charge is 0.387 e. The average molecular weight is 430 g/mol. The quantitative estimate of drug-likeness (QED) is 0.717. The minimum Gasteiger partial charge on any atom is -0.466 e. The van der Waals surface area contributed by atoms with Crippen LogP contribution in [0.25, 0.3) is 0 Å². The van der Waals surface area contributed by atoms with Gasteiger partial charge in [0.25, 0.3) is 0 Å². The molecule has 1 saturated heterocycles. The third-order valence-corrected chi connectivity index (χ3v) is 6.69. The van der Waals surface area contributed by atoms with Crippen LogP contribution in [-0.4, -0.2) is 56.6 Å². The first-order chi connectivity index (χ1) is 13.6. The van der Waals surface area contributed by atoms with Crippen LogP contribution in [0.3, 0.4) is 0 Å². The van der Waals surface area contributed by atoms with Crippen LogP contribution in [-0.2, 0) is 19.4 Å². The maximum absolute atomic E-state index is 12.8. The molecule has 0 unspecified atom stereocenters. The minimum atomic E-state index is -3.25. The van der Waals surface area contributed by atoms with Crippen molar-refractivity contribution in [2.24, 2.45) is 0 Å². The van der Waals surface area contributed by atoms with E-state index in [2.05, 4.69) is 10.1 Å². The summed E-state index contributed by atoms with van der Waals surface area (Å²) >= 11 is 0. The Labute approximate surface area is 166 Å². The van der Waals surface area contributed by atoms with Crippen molar-refractivity contribution in [2.75, 3.05) is 18.6 Å². The normalized spacial score (nSPS) is 23.9. The number of carbonyl (C=O) groups excluding carboxylic acids is 2. The van der Waals surface area contributed by atoms with E-state index in [1.165, 1.54) is 36.3 Å². The molecule has 2 amide bonds. The Morgan fingerprint density at radius 2 is 1.93 bits per heavy atom. The van der Waals surface area contributed by atoms with E-state index in [9.17, 15) is 26.8 Å². The molecule has 0 bridgehead atoms. The first-order valence-electron chi connectivity index (χ1n) is 8.77. The Hall–Kier alpha value is -2.69. The summed E-state index contributed by atoms with van der Waals surface area (Å²) in [5.41, 5.74) is 0.887. The fourth-order valence-electron chi connectivity index (χ4n) is 3.64. The van der Waals surface area contributed by atoms with Gasteiger partial charge < -0.3 is 14.8 Å². The van der Waals surface area contributed by atoms with Crippen LogP contribution in [0.1, 0.15) is 24.9 Å². The SMILES string of the molecule is COC(=O)C1=C(C)N([C@@H]2CCS(=O)(=O)C2)C(=O)N[C@@H]1c1ccc(OC(F)F)cc1.